The molecule has 3 N–H and O–H groups in total. The van der Waals surface area contributed by atoms with Crippen LogP contribution in [0.4, 0.5) is 14.5 Å². The zero-order valence-electron chi connectivity index (χ0n) is 12.3. The number of benzene rings is 1. The number of anilines is 1. The molecule has 0 saturated carbocycles. The highest BCUT2D eigenvalue weighted by Gasteiger charge is 2.36. The molecule has 5 nitrogen and oxygen atoms in total. The summed E-state index contributed by atoms with van der Waals surface area (Å²) in [7, 11) is 0. The van der Waals surface area contributed by atoms with Gasteiger partial charge in [-0.2, -0.15) is 0 Å². The summed E-state index contributed by atoms with van der Waals surface area (Å²) in [5.74, 6) is -0.901. The summed E-state index contributed by atoms with van der Waals surface area (Å²) >= 11 is 0. The highest BCUT2D eigenvalue weighted by molar-refractivity contribution is 5.99. The summed E-state index contributed by atoms with van der Waals surface area (Å²) in [5, 5.41) is 2.46. The van der Waals surface area contributed by atoms with Gasteiger partial charge in [-0.1, -0.05) is 0 Å². The average Bonchev–Trinajstić information content (AvgIpc) is 2.50. The van der Waals surface area contributed by atoms with E-state index in [1.165, 1.54) is 24.4 Å². The Balaban J connectivity index is 2.14. The van der Waals surface area contributed by atoms with Crippen molar-refractivity contribution in [3.63, 3.8) is 0 Å². The molecule has 0 aliphatic carbocycles. The fraction of sp³-hybridized carbons (Fsp3) is 0.188. The van der Waals surface area contributed by atoms with Crippen LogP contribution in [0.3, 0.4) is 0 Å². The molecule has 118 valence electrons. The lowest BCUT2D eigenvalue weighted by Gasteiger charge is -2.32. The maximum atomic E-state index is 14.3. The molecular formula is C16H14F2N4O. The van der Waals surface area contributed by atoms with E-state index in [1.54, 1.807) is 6.92 Å². The van der Waals surface area contributed by atoms with Crippen LogP contribution in [0.5, 0.6) is 0 Å². The van der Waals surface area contributed by atoms with E-state index in [0.29, 0.717) is 23.2 Å². The van der Waals surface area contributed by atoms with Gasteiger partial charge in [-0.3, -0.25) is 14.8 Å². The Morgan fingerprint density at radius 2 is 2.09 bits per heavy atom. The number of hydrogen-bond donors (Lipinski definition) is 2. The quantitative estimate of drug-likeness (QED) is 0.851. The van der Waals surface area contributed by atoms with Crippen LogP contribution in [-0.2, 0) is 16.8 Å². The van der Waals surface area contributed by atoms with Gasteiger partial charge in [0.1, 0.15) is 17.5 Å². The number of pyridine rings is 1. The molecule has 0 spiro atoms. The lowest BCUT2D eigenvalue weighted by Crippen LogP contribution is -2.35. The van der Waals surface area contributed by atoms with Gasteiger partial charge in [-0.05, 0) is 25.1 Å². The van der Waals surface area contributed by atoms with Gasteiger partial charge in [-0.15, -0.1) is 0 Å². The van der Waals surface area contributed by atoms with Crippen molar-refractivity contribution in [2.24, 2.45) is 10.7 Å². The third-order valence-electron chi connectivity index (χ3n) is 3.94. The van der Waals surface area contributed by atoms with Gasteiger partial charge in [0, 0.05) is 35.0 Å². The van der Waals surface area contributed by atoms with Crippen LogP contribution in [-0.4, -0.2) is 17.2 Å². The number of carbonyl (C=O) groups is 1. The molecule has 0 radical (unpaired) electrons. The van der Waals surface area contributed by atoms with E-state index in [9.17, 15) is 13.6 Å². The van der Waals surface area contributed by atoms with E-state index >= 15 is 0 Å². The topological polar surface area (TPSA) is 80.4 Å². The van der Waals surface area contributed by atoms with Gasteiger partial charge < -0.3 is 11.1 Å². The predicted octanol–water partition coefficient (Wildman–Crippen LogP) is 2.10. The van der Waals surface area contributed by atoms with Crippen molar-refractivity contribution >= 4 is 17.9 Å². The summed E-state index contributed by atoms with van der Waals surface area (Å²) in [6, 6.07) is 4.14. The standard InChI is InChI=1S/C16H14F2N4O/c1-16(12-4-9(21-8-23)2-3-13(12)17)5-10-11(15(19)22-16)6-20-7-14(10)18/h2-4,6-8H,5H2,1H3,(H2,19,22)(H,21,23). The number of nitrogens with zero attached hydrogens (tertiary/aromatic N) is 2. The molecule has 1 amide bonds. The molecule has 2 aromatic rings. The Labute approximate surface area is 131 Å². The van der Waals surface area contributed by atoms with E-state index in [1.807, 2.05) is 0 Å². The molecule has 1 aliphatic heterocycles. The number of carbonyl (C=O) groups excluding carboxylic acids is 1. The highest BCUT2D eigenvalue weighted by Crippen LogP contribution is 2.37. The third-order valence-corrected chi connectivity index (χ3v) is 3.94. The maximum Gasteiger partial charge on any atom is 0.211 e. The van der Waals surface area contributed by atoms with Crippen LogP contribution in [0.1, 0.15) is 23.6 Å². The van der Waals surface area contributed by atoms with Crippen LogP contribution in [0, 0.1) is 11.6 Å². The van der Waals surface area contributed by atoms with E-state index in [-0.39, 0.29) is 17.8 Å². The lowest BCUT2D eigenvalue weighted by molar-refractivity contribution is -0.105. The number of nitrogens with two attached hydrogens (primary N) is 1. The van der Waals surface area contributed by atoms with E-state index in [0.717, 1.165) is 6.20 Å². The minimum atomic E-state index is -1.08. The first-order valence-corrected chi connectivity index (χ1v) is 6.93. The predicted molar refractivity (Wildman–Crippen MR) is 82.1 cm³/mol. The van der Waals surface area contributed by atoms with Crippen molar-refractivity contribution in [1.29, 1.82) is 0 Å². The van der Waals surface area contributed by atoms with Gasteiger partial charge in [-0.25, -0.2) is 8.78 Å². The van der Waals surface area contributed by atoms with Crippen molar-refractivity contribution in [2.45, 2.75) is 18.9 Å². The molecule has 3 rings (SSSR count). The average molecular weight is 316 g/mol. The summed E-state index contributed by atoms with van der Waals surface area (Å²) < 4.78 is 28.4. The van der Waals surface area contributed by atoms with Crippen molar-refractivity contribution in [2.75, 3.05) is 5.32 Å². The Kier molecular flexibility index (Phi) is 3.55. The second-order valence-corrected chi connectivity index (χ2v) is 5.55. The lowest BCUT2D eigenvalue weighted by atomic mass is 9.82. The molecule has 7 heteroatoms. The number of fused-ring (bicyclic) bond motifs is 1. The van der Waals surface area contributed by atoms with E-state index in [2.05, 4.69) is 15.3 Å². The van der Waals surface area contributed by atoms with Crippen LogP contribution in [0.2, 0.25) is 0 Å². The number of halogens is 2. The summed E-state index contributed by atoms with van der Waals surface area (Å²) in [6.07, 6.45) is 3.17. The molecule has 23 heavy (non-hydrogen) atoms. The largest absolute Gasteiger partial charge is 0.383 e. The van der Waals surface area contributed by atoms with Crippen molar-refractivity contribution in [1.82, 2.24) is 4.98 Å². The minimum absolute atomic E-state index is 0.105. The van der Waals surface area contributed by atoms with Crippen LogP contribution in [0.25, 0.3) is 0 Å². The number of aliphatic imine (C=N–C) groups is 1. The van der Waals surface area contributed by atoms with Gasteiger partial charge in [0.2, 0.25) is 6.41 Å². The van der Waals surface area contributed by atoms with Crippen LogP contribution >= 0.6 is 0 Å². The second kappa shape index (κ2) is 5.42. The summed E-state index contributed by atoms with van der Waals surface area (Å²) in [5.41, 5.74) is 6.27. The number of aromatic nitrogens is 1. The molecule has 1 aliphatic rings. The van der Waals surface area contributed by atoms with E-state index < -0.39 is 17.2 Å². The monoisotopic (exact) mass is 316 g/mol. The molecular weight excluding hydrogens is 302 g/mol. The normalized spacial score (nSPS) is 19.7. The first-order valence-electron chi connectivity index (χ1n) is 6.93. The van der Waals surface area contributed by atoms with Gasteiger partial charge in [0.15, 0.2) is 0 Å². The number of amidine groups is 1. The van der Waals surface area contributed by atoms with Crippen molar-refractivity contribution < 1.29 is 13.6 Å². The first-order chi connectivity index (χ1) is 10.9. The summed E-state index contributed by atoms with van der Waals surface area (Å²) in [4.78, 5) is 18.7. The number of rotatable bonds is 3. The third kappa shape index (κ3) is 2.54. The Morgan fingerprint density at radius 1 is 1.30 bits per heavy atom. The molecule has 1 aromatic heterocycles. The zero-order valence-corrected chi connectivity index (χ0v) is 12.3. The molecule has 1 atom stereocenters. The van der Waals surface area contributed by atoms with E-state index in [4.69, 9.17) is 5.73 Å². The van der Waals surface area contributed by atoms with Crippen LogP contribution in [0.15, 0.2) is 35.6 Å². The number of hydrogen-bond acceptors (Lipinski definition) is 4. The Bertz CT molecular complexity index is 822. The van der Waals surface area contributed by atoms with Gasteiger partial charge in [0.25, 0.3) is 0 Å². The SMILES string of the molecule is CC1(c2cc(NC=O)ccc2F)Cc2c(F)cncc2C(N)=N1. The van der Waals surface area contributed by atoms with Gasteiger partial charge >= 0.3 is 0 Å². The minimum Gasteiger partial charge on any atom is -0.383 e. The maximum absolute atomic E-state index is 14.3. The Hall–Kier alpha value is -2.83. The molecule has 0 bridgehead atoms. The fourth-order valence-corrected chi connectivity index (χ4v) is 2.82. The Morgan fingerprint density at radius 3 is 2.83 bits per heavy atom. The zero-order chi connectivity index (χ0) is 16.6. The second-order valence-electron chi connectivity index (χ2n) is 5.55. The van der Waals surface area contributed by atoms with Gasteiger partial charge in [0.05, 0.1) is 11.7 Å². The fourth-order valence-electron chi connectivity index (χ4n) is 2.82. The number of nitrogens with one attached hydrogen (secondary N) is 1. The molecule has 0 saturated heterocycles. The molecule has 2 heterocycles. The van der Waals surface area contributed by atoms with Crippen molar-refractivity contribution in [3.05, 3.63) is 58.9 Å². The van der Waals surface area contributed by atoms with Crippen molar-refractivity contribution in [3.8, 4) is 0 Å². The first kappa shape index (κ1) is 15.1. The smallest absolute Gasteiger partial charge is 0.211 e. The number of amides is 1. The molecule has 1 aromatic carbocycles. The molecule has 1 unspecified atom stereocenters. The van der Waals surface area contributed by atoms with Crippen LogP contribution < -0.4 is 11.1 Å². The summed E-state index contributed by atoms with van der Waals surface area (Å²) in [6.45, 7) is 1.67. The molecule has 0 fully saturated rings. The highest BCUT2D eigenvalue weighted by atomic mass is 19.1.